The van der Waals surface area contributed by atoms with Gasteiger partial charge in [0.25, 0.3) is 0 Å². The molecule has 3 aliphatic heterocycles. The quantitative estimate of drug-likeness (QED) is 0.431. The molecular formula is C9H20O3Si. The molecule has 0 saturated carbocycles. The highest BCUT2D eigenvalue weighted by molar-refractivity contribution is 6.27. The van der Waals surface area contributed by atoms with E-state index in [1.54, 1.807) is 0 Å². The molecule has 0 radical (unpaired) electrons. The zero-order valence-corrected chi connectivity index (χ0v) is 9.87. The van der Waals surface area contributed by atoms with Gasteiger partial charge >= 0.3 is 0 Å². The van der Waals surface area contributed by atoms with Crippen LogP contribution in [0.2, 0.25) is 6.04 Å². The van der Waals surface area contributed by atoms with Crippen LogP contribution >= 0.6 is 0 Å². The molecule has 3 rings (SSSR count). The number of hydrogen-bond acceptors (Lipinski definition) is 3. The molecule has 0 aliphatic carbocycles. The van der Waals surface area contributed by atoms with E-state index in [0.29, 0.717) is 6.10 Å². The van der Waals surface area contributed by atoms with Crippen LogP contribution in [0.4, 0.5) is 0 Å². The second-order valence-corrected chi connectivity index (χ2v) is 4.95. The number of epoxide rings is 2. The lowest BCUT2D eigenvalue weighted by Crippen LogP contribution is -2.06. The van der Waals surface area contributed by atoms with E-state index < -0.39 is 0 Å². The molecule has 13 heavy (non-hydrogen) atoms. The van der Waals surface area contributed by atoms with Crippen molar-refractivity contribution in [1.29, 1.82) is 0 Å². The predicted molar refractivity (Wildman–Crippen MR) is 54.8 cm³/mol. The van der Waals surface area contributed by atoms with Gasteiger partial charge in [-0.3, -0.25) is 0 Å². The molecule has 0 N–H and O–H groups in total. The Morgan fingerprint density at radius 2 is 1.77 bits per heavy atom. The van der Waals surface area contributed by atoms with E-state index in [4.69, 9.17) is 9.16 Å². The fraction of sp³-hybridized carbons (Fsp3) is 1.00. The lowest BCUT2D eigenvalue weighted by molar-refractivity contribution is 0.304. The monoisotopic (exact) mass is 204 g/mol. The molecule has 3 saturated heterocycles. The predicted octanol–water partition coefficient (Wildman–Crippen LogP) is 0.721. The standard InChI is InChI=1S/C4H10OSi.C3H6O.C2H4O/c1-2-4-6-5-3-1;1-3-2-4-3;1-2-3-1/h1-4,6H2;3H,2H2,1H3;1-2H2. The molecule has 1 atom stereocenters. The summed E-state index contributed by atoms with van der Waals surface area (Å²) < 4.78 is 14.4. The molecule has 0 bridgehead atoms. The molecule has 78 valence electrons. The molecule has 0 aromatic rings. The van der Waals surface area contributed by atoms with E-state index in [9.17, 15) is 0 Å². The third-order valence-corrected chi connectivity index (χ3v) is 3.15. The van der Waals surface area contributed by atoms with Gasteiger partial charge in [0.2, 0.25) is 0 Å². The Hall–Kier alpha value is 0.0969. The molecular weight excluding hydrogens is 184 g/mol. The Kier molecular flexibility index (Phi) is 6.44. The third kappa shape index (κ3) is 12.1. The average Bonchev–Trinajstić information content (AvgIpc) is 3.04. The van der Waals surface area contributed by atoms with Crippen molar-refractivity contribution in [1.82, 2.24) is 0 Å². The van der Waals surface area contributed by atoms with E-state index in [1.165, 1.54) is 18.9 Å². The number of hydrogen-bond donors (Lipinski definition) is 0. The second-order valence-electron chi connectivity index (χ2n) is 3.43. The highest BCUT2D eigenvalue weighted by Crippen LogP contribution is 2.04. The second kappa shape index (κ2) is 7.50. The van der Waals surface area contributed by atoms with Crippen molar-refractivity contribution in [3.63, 3.8) is 0 Å². The summed E-state index contributed by atoms with van der Waals surface area (Å²) >= 11 is 0. The fourth-order valence-corrected chi connectivity index (χ4v) is 1.95. The van der Waals surface area contributed by atoms with Crippen LogP contribution in [0.25, 0.3) is 0 Å². The van der Waals surface area contributed by atoms with Gasteiger partial charge in [0.05, 0.1) is 25.9 Å². The van der Waals surface area contributed by atoms with Crippen LogP contribution in [0, 0.1) is 0 Å². The Labute approximate surface area is 82.7 Å². The Bertz CT molecular complexity index is 97.2. The smallest absolute Gasteiger partial charge is 0.161 e. The Morgan fingerprint density at radius 3 is 1.85 bits per heavy atom. The first-order chi connectivity index (χ1) is 6.39. The SMILES string of the molecule is C1CC[SiH2]OC1.C1CO1.CC1CO1. The van der Waals surface area contributed by atoms with E-state index >= 15 is 0 Å². The van der Waals surface area contributed by atoms with Gasteiger partial charge in [-0.05, 0) is 19.4 Å². The molecule has 3 heterocycles. The van der Waals surface area contributed by atoms with Crippen molar-refractivity contribution in [2.45, 2.75) is 31.9 Å². The lowest BCUT2D eigenvalue weighted by Gasteiger charge is -2.07. The topological polar surface area (TPSA) is 34.3 Å². The summed E-state index contributed by atoms with van der Waals surface area (Å²) in [4.78, 5) is 0. The maximum absolute atomic E-state index is 5.21. The van der Waals surface area contributed by atoms with Crippen molar-refractivity contribution in [3.8, 4) is 0 Å². The first kappa shape index (κ1) is 11.2. The summed E-state index contributed by atoms with van der Waals surface area (Å²) in [7, 11) is 0.00849. The first-order valence-electron chi connectivity index (χ1n) is 5.16. The molecule has 4 heteroatoms. The van der Waals surface area contributed by atoms with Crippen LogP contribution in [0.3, 0.4) is 0 Å². The van der Waals surface area contributed by atoms with Gasteiger partial charge in [-0.1, -0.05) is 6.42 Å². The third-order valence-electron chi connectivity index (χ3n) is 1.78. The summed E-state index contributed by atoms with van der Waals surface area (Å²) in [5.74, 6) is 0. The van der Waals surface area contributed by atoms with Gasteiger partial charge in [0, 0.05) is 6.61 Å². The molecule has 3 aliphatic rings. The highest BCUT2D eigenvalue weighted by atomic mass is 28.2. The van der Waals surface area contributed by atoms with E-state index in [0.717, 1.165) is 26.4 Å². The van der Waals surface area contributed by atoms with Crippen LogP contribution < -0.4 is 0 Å². The maximum Gasteiger partial charge on any atom is 0.161 e. The molecule has 0 amide bonds. The van der Waals surface area contributed by atoms with Crippen LogP contribution in [-0.2, 0) is 13.9 Å². The molecule has 0 aromatic carbocycles. The number of ether oxygens (including phenoxy) is 2. The largest absolute Gasteiger partial charge is 0.424 e. The minimum atomic E-state index is 0.00849. The zero-order chi connectivity index (χ0) is 9.36. The van der Waals surface area contributed by atoms with Crippen molar-refractivity contribution < 1.29 is 13.9 Å². The van der Waals surface area contributed by atoms with Crippen LogP contribution in [0.5, 0.6) is 0 Å². The van der Waals surface area contributed by atoms with Gasteiger partial charge in [0.1, 0.15) is 0 Å². The summed E-state index contributed by atoms with van der Waals surface area (Å²) in [5.41, 5.74) is 0. The minimum Gasteiger partial charge on any atom is -0.424 e. The van der Waals surface area contributed by atoms with Crippen LogP contribution in [0.1, 0.15) is 19.8 Å². The van der Waals surface area contributed by atoms with Crippen molar-refractivity contribution in [2.75, 3.05) is 26.4 Å². The molecule has 0 aromatic heterocycles. The van der Waals surface area contributed by atoms with Crippen LogP contribution in [-0.4, -0.2) is 42.3 Å². The molecule has 3 fully saturated rings. The summed E-state index contributed by atoms with van der Waals surface area (Å²) in [6.07, 6.45) is 3.33. The Morgan fingerprint density at radius 1 is 1.15 bits per heavy atom. The van der Waals surface area contributed by atoms with Gasteiger partial charge in [0.15, 0.2) is 9.76 Å². The van der Waals surface area contributed by atoms with Crippen LogP contribution in [0.15, 0.2) is 0 Å². The normalized spacial score (nSPS) is 30.7. The number of rotatable bonds is 0. The molecule has 0 spiro atoms. The van der Waals surface area contributed by atoms with Gasteiger partial charge < -0.3 is 13.9 Å². The zero-order valence-electron chi connectivity index (χ0n) is 8.46. The average molecular weight is 204 g/mol. The van der Waals surface area contributed by atoms with Crippen molar-refractivity contribution >= 4 is 9.76 Å². The van der Waals surface area contributed by atoms with E-state index in [-0.39, 0.29) is 9.76 Å². The maximum atomic E-state index is 5.21. The summed E-state index contributed by atoms with van der Waals surface area (Å²) in [6, 6.07) is 1.42. The van der Waals surface area contributed by atoms with Crippen molar-refractivity contribution in [2.24, 2.45) is 0 Å². The minimum absolute atomic E-state index is 0.00849. The van der Waals surface area contributed by atoms with E-state index in [2.05, 4.69) is 11.7 Å². The van der Waals surface area contributed by atoms with E-state index in [1.807, 2.05) is 0 Å². The summed E-state index contributed by atoms with van der Waals surface area (Å²) in [5, 5.41) is 0. The fourth-order valence-electron chi connectivity index (χ4n) is 0.783. The van der Waals surface area contributed by atoms with Gasteiger partial charge in [-0.25, -0.2) is 0 Å². The molecule has 1 unspecified atom stereocenters. The highest BCUT2D eigenvalue weighted by Gasteiger charge is 2.13. The lowest BCUT2D eigenvalue weighted by atomic mass is 10.4. The Balaban J connectivity index is 0.000000104. The molecule has 3 nitrogen and oxygen atoms in total. The van der Waals surface area contributed by atoms with Crippen molar-refractivity contribution in [3.05, 3.63) is 0 Å². The first-order valence-corrected chi connectivity index (χ1v) is 6.74. The van der Waals surface area contributed by atoms with Gasteiger partial charge in [-0.15, -0.1) is 0 Å². The van der Waals surface area contributed by atoms with Gasteiger partial charge in [-0.2, -0.15) is 0 Å². The summed E-state index contributed by atoms with van der Waals surface area (Å²) in [6.45, 7) is 6.10.